The van der Waals surface area contributed by atoms with Crippen LogP contribution in [0.25, 0.3) is 0 Å². The summed E-state index contributed by atoms with van der Waals surface area (Å²) in [5, 5.41) is 9.83. The molecule has 0 radical (unpaired) electrons. The fourth-order valence-corrected chi connectivity index (χ4v) is 1.12. The molecule has 0 aliphatic carbocycles. The van der Waals surface area contributed by atoms with E-state index in [4.69, 9.17) is 0 Å². The highest BCUT2D eigenvalue weighted by atomic mass is 16.3. The number of hydrogen-bond donors (Lipinski definition) is 1. The van der Waals surface area contributed by atoms with Crippen molar-refractivity contribution in [2.75, 3.05) is 0 Å². The minimum atomic E-state index is -0.134. The number of hydrogen-bond acceptors (Lipinski definition) is 1. The molecule has 1 N–H and O–H groups in total. The van der Waals surface area contributed by atoms with Crippen molar-refractivity contribution in [1.82, 2.24) is 0 Å². The molecule has 0 saturated carbocycles. The van der Waals surface area contributed by atoms with Crippen LogP contribution in [0.1, 0.15) is 53.9 Å². The van der Waals surface area contributed by atoms with E-state index in [1.165, 1.54) is 0 Å². The third-order valence-corrected chi connectivity index (χ3v) is 2.83. The SMILES string of the molecule is CCC(C)(C)C(O)CCC(C)C. The Kier molecular flexibility index (Phi) is 4.84. The highest BCUT2D eigenvalue weighted by molar-refractivity contribution is 4.76. The zero-order valence-corrected chi connectivity index (χ0v) is 9.22. The van der Waals surface area contributed by atoms with Crippen molar-refractivity contribution in [2.24, 2.45) is 11.3 Å². The van der Waals surface area contributed by atoms with E-state index in [2.05, 4.69) is 34.6 Å². The van der Waals surface area contributed by atoms with E-state index in [-0.39, 0.29) is 11.5 Å². The Morgan fingerprint density at radius 3 is 2.00 bits per heavy atom. The minimum Gasteiger partial charge on any atom is -0.393 e. The molecule has 0 amide bonds. The van der Waals surface area contributed by atoms with Crippen LogP contribution < -0.4 is 0 Å². The zero-order chi connectivity index (χ0) is 9.78. The lowest BCUT2D eigenvalue weighted by molar-refractivity contribution is 0.0363. The van der Waals surface area contributed by atoms with Crippen LogP contribution in [0.5, 0.6) is 0 Å². The Bertz CT molecular complexity index is 116. The monoisotopic (exact) mass is 172 g/mol. The largest absolute Gasteiger partial charge is 0.393 e. The maximum Gasteiger partial charge on any atom is 0.0591 e. The first-order chi connectivity index (χ1) is 5.40. The van der Waals surface area contributed by atoms with Gasteiger partial charge in [-0.05, 0) is 30.6 Å². The maximum absolute atomic E-state index is 9.83. The van der Waals surface area contributed by atoms with Crippen LogP contribution in [0, 0.1) is 11.3 Å². The second-order valence-corrected chi connectivity index (χ2v) is 4.83. The summed E-state index contributed by atoms with van der Waals surface area (Å²) in [6.07, 6.45) is 2.99. The lowest BCUT2D eigenvalue weighted by Gasteiger charge is -2.29. The van der Waals surface area contributed by atoms with Gasteiger partial charge in [-0.15, -0.1) is 0 Å². The van der Waals surface area contributed by atoms with E-state index in [1.807, 2.05) is 0 Å². The van der Waals surface area contributed by atoms with Crippen molar-refractivity contribution in [1.29, 1.82) is 0 Å². The number of aliphatic hydroxyl groups excluding tert-OH is 1. The molecule has 0 spiro atoms. The van der Waals surface area contributed by atoms with Gasteiger partial charge in [0, 0.05) is 0 Å². The van der Waals surface area contributed by atoms with E-state index in [9.17, 15) is 5.11 Å². The Hall–Kier alpha value is -0.0400. The van der Waals surface area contributed by atoms with E-state index >= 15 is 0 Å². The van der Waals surface area contributed by atoms with Crippen molar-refractivity contribution >= 4 is 0 Å². The predicted octanol–water partition coefficient (Wildman–Crippen LogP) is 3.22. The van der Waals surface area contributed by atoms with Crippen molar-refractivity contribution in [3.8, 4) is 0 Å². The zero-order valence-electron chi connectivity index (χ0n) is 9.22. The first kappa shape index (κ1) is 12.0. The average molecular weight is 172 g/mol. The standard InChI is InChI=1S/C11H24O/c1-6-11(4,5)10(12)8-7-9(2)3/h9-10,12H,6-8H2,1-5H3. The normalized spacial score (nSPS) is 15.2. The average Bonchev–Trinajstić information content (AvgIpc) is 2.00. The maximum atomic E-state index is 9.83. The molecule has 0 aliphatic rings. The molecule has 0 saturated heterocycles. The third kappa shape index (κ3) is 4.10. The van der Waals surface area contributed by atoms with Gasteiger partial charge in [0.15, 0.2) is 0 Å². The van der Waals surface area contributed by atoms with Gasteiger partial charge in [0.2, 0.25) is 0 Å². The quantitative estimate of drug-likeness (QED) is 0.675. The summed E-state index contributed by atoms with van der Waals surface area (Å²) in [7, 11) is 0. The van der Waals surface area contributed by atoms with E-state index in [1.54, 1.807) is 0 Å². The van der Waals surface area contributed by atoms with Crippen molar-refractivity contribution in [3.63, 3.8) is 0 Å². The van der Waals surface area contributed by atoms with Crippen LogP contribution in [-0.4, -0.2) is 11.2 Å². The molecule has 0 aromatic rings. The molecule has 0 aliphatic heterocycles. The van der Waals surface area contributed by atoms with Crippen LogP contribution in [-0.2, 0) is 0 Å². The summed E-state index contributed by atoms with van der Waals surface area (Å²) in [6, 6.07) is 0. The van der Waals surface area contributed by atoms with Gasteiger partial charge in [-0.25, -0.2) is 0 Å². The van der Waals surface area contributed by atoms with Crippen LogP contribution in [0.15, 0.2) is 0 Å². The summed E-state index contributed by atoms with van der Waals surface area (Å²) in [5.41, 5.74) is 0.0922. The van der Waals surface area contributed by atoms with Crippen LogP contribution in [0.4, 0.5) is 0 Å². The third-order valence-electron chi connectivity index (χ3n) is 2.83. The lowest BCUT2D eigenvalue weighted by atomic mass is 9.81. The fourth-order valence-electron chi connectivity index (χ4n) is 1.12. The van der Waals surface area contributed by atoms with Gasteiger partial charge in [-0.2, -0.15) is 0 Å². The van der Waals surface area contributed by atoms with Gasteiger partial charge in [-0.3, -0.25) is 0 Å². The lowest BCUT2D eigenvalue weighted by Crippen LogP contribution is -2.28. The number of rotatable bonds is 5. The molecule has 12 heavy (non-hydrogen) atoms. The summed E-state index contributed by atoms with van der Waals surface area (Å²) in [6.45, 7) is 10.8. The second-order valence-electron chi connectivity index (χ2n) is 4.83. The molecular formula is C11H24O. The van der Waals surface area contributed by atoms with Gasteiger partial charge in [0.1, 0.15) is 0 Å². The summed E-state index contributed by atoms with van der Waals surface area (Å²) in [5.74, 6) is 0.701. The molecule has 0 rings (SSSR count). The molecule has 74 valence electrons. The van der Waals surface area contributed by atoms with Crippen molar-refractivity contribution in [3.05, 3.63) is 0 Å². The van der Waals surface area contributed by atoms with Crippen LogP contribution in [0.2, 0.25) is 0 Å². The molecule has 0 heterocycles. The molecule has 0 aromatic carbocycles. The van der Waals surface area contributed by atoms with E-state index in [0.29, 0.717) is 5.92 Å². The van der Waals surface area contributed by atoms with Gasteiger partial charge in [0.05, 0.1) is 6.10 Å². The fraction of sp³-hybridized carbons (Fsp3) is 1.00. The molecule has 1 heteroatoms. The van der Waals surface area contributed by atoms with Gasteiger partial charge in [-0.1, -0.05) is 34.6 Å². The predicted molar refractivity (Wildman–Crippen MR) is 54.2 cm³/mol. The highest BCUT2D eigenvalue weighted by Crippen LogP contribution is 2.28. The van der Waals surface area contributed by atoms with Gasteiger partial charge in [0.25, 0.3) is 0 Å². The van der Waals surface area contributed by atoms with Gasteiger partial charge >= 0.3 is 0 Å². The first-order valence-corrected chi connectivity index (χ1v) is 5.08. The Labute approximate surface area is 77.2 Å². The minimum absolute atomic E-state index is 0.0922. The Balaban J connectivity index is 3.78. The topological polar surface area (TPSA) is 20.2 Å². The molecule has 1 atom stereocenters. The molecular weight excluding hydrogens is 148 g/mol. The smallest absolute Gasteiger partial charge is 0.0591 e. The Morgan fingerprint density at radius 1 is 1.17 bits per heavy atom. The Morgan fingerprint density at radius 2 is 1.67 bits per heavy atom. The van der Waals surface area contributed by atoms with Crippen molar-refractivity contribution < 1.29 is 5.11 Å². The molecule has 1 nitrogen and oxygen atoms in total. The molecule has 0 aromatic heterocycles. The van der Waals surface area contributed by atoms with Gasteiger partial charge < -0.3 is 5.11 Å². The van der Waals surface area contributed by atoms with E-state index in [0.717, 1.165) is 19.3 Å². The molecule has 0 bridgehead atoms. The highest BCUT2D eigenvalue weighted by Gasteiger charge is 2.25. The summed E-state index contributed by atoms with van der Waals surface area (Å²) < 4.78 is 0. The first-order valence-electron chi connectivity index (χ1n) is 5.08. The van der Waals surface area contributed by atoms with E-state index < -0.39 is 0 Å². The summed E-state index contributed by atoms with van der Waals surface area (Å²) >= 11 is 0. The summed E-state index contributed by atoms with van der Waals surface area (Å²) in [4.78, 5) is 0. The van der Waals surface area contributed by atoms with Crippen LogP contribution >= 0.6 is 0 Å². The molecule has 1 unspecified atom stereocenters. The second kappa shape index (κ2) is 4.86. The number of aliphatic hydroxyl groups is 1. The van der Waals surface area contributed by atoms with Crippen molar-refractivity contribution in [2.45, 2.75) is 60.0 Å². The molecule has 0 fully saturated rings. The van der Waals surface area contributed by atoms with Crippen LogP contribution in [0.3, 0.4) is 0 Å².